The molecule has 0 saturated carbocycles. The van der Waals surface area contributed by atoms with Crippen LogP contribution in [0, 0.1) is 28.1 Å². The first kappa shape index (κ1) is 20.4. The fourth-order valence-electron chi connectivity index (χ4n) is 4.63. The zero-order chi connectivity index (χ0) is 20.4. The molecule has 0 radical (unpaired) electrons. The fraction of sp³-hybridized carbons (Fsp3) is 0.737. The average Bonchev–Trinajstić information content (AvgIpc) is 2.64. The van der Waals surface area contributed by atoms with Crippen molar-refractivity contribution in [1.29, 1.82) is 5.26 Å². The van der Waals surface area contributed by atoms with E-state index in [0.717, 1.165) is 23.3 Å². The van der Waals surface area contributed by atoms with Crippen molar-refractivity contribution in [1.82, 2.24) is 21.3 Å². The van der Waals surface area contributed by atoms with E-state index in [1.807, 2.05) is 6.92 Å². The van der Waals surface area contributed by atoms with Crippen LogP contribution in [0.15, 0.2) is 11.1 Å². The van der Waals surface area contributed by atoms with Gasteiger partial charge < -0.3 is 16.0 Å². The van der Waals surface area contributed by atoms with E-state index in [4.69, 9.17) is 5.26 Å². The highest BCUT2D eigenvalue weighted by Gasteiger charge is 2.41. The predicted molar refractivity (Wildman–Crippen MR) is 102 cm³/mol. The molecule has 2 amide bonds. The molecule has 3 rings (SSSR count). The minimum Gasteiger partial charge on any atom is -0.349 e. The van der Waals surface area contributed by atoms with Gasteiger partial charge in [0.2, 0.25) is 18.4 Å². The molecule has 3 heterocycles. The standard InChI is InChI=1S/C19H28N6O3/c1-10-14(19(27)24-15-4-5-21-11(2)17(10)15)6-16(26)23-12(3)18-22-8-13(7-20)9-25(18)28/h11-13,15,17-18,21-22H,4-6,8-9H2,1-3H3,(H-,23,24,26,27)/p+1/t11?,12-,13?,15?,17?,18?/m1/s1. The number of nitrogens with zero attached hydrogens (tertiary/aromatic N) is 2. The van der Waals surface area contributed by atoms with E-state index in [0.29, 0.717) is 12.1 Å². The first-order chi connectivity index (χ1) is 13.3. The number of amides is 2. The van der Waals surface area contributed by atoms with Crippen LogP contribution in [-0.2, 0) is 9.59 Å². The van der Waals surface area contributed by atoms with Crippen LogP contribution in [0.4, 0.5) is 0 Å². The molecular weight excluding hydrogens is 360 g/mol. The highest BCUT2D eigenvalue weighted by Crippen LogP contribution is 2.32. The van der Waals surface area contributed by atoms with E-state index in [1.165, 1.54) is 0 Å². The van der Waals surface area contributed by atoms with Crippen LogP contribution in [0.1, 0.15) is 33.6 Å². The monoisotopic (exact) mass is 389 g/mol. The predicted octanol–water partition coefficient (Wildman–Crippen LogP) is -0.458. The molecule has 2 saturated heterocycles. The van der Waals surface area contributed by atoms with E-state index < -0.39 is 12.2 Å². The molecule has 6 atom stereocenters. The van der Waals surface area contributed by atoms with Crippen molar-refractivity contribution in [3.63, 3.8) is 0 Å². The number of nitroso groups, excluding NO2 is 1. The normalized spacial score (nSPS) is 34.1. The number of carbonyl (C=O) groups excluding carboxylic acids is 2. The van der Waals surface area contributed by atoms with Gasteiger partial charge in [0.1, 0.15) is 12.0 Å². The van der Waals surface area contributed by atoms with E-state index >= 15 is 0 Å². The van der Waals surface area contributed by atoms with E-state index in [-0.39, 0.29) is 48.7 Å². The Hall–Kier alpha value is -2.31. The Bertz CT molecular complexity index is 742. The summed E-state index contributed by atoms with van der Waals surface area (Å²) < 4.78 is 0.806. The lowest BCUT2D eigenvalue weighted by Crippen LogP contribution is -2.59. The minimum absolute atomic E-state index is 0.00958. The minimum atomic E-state index is -0.587. The third kappa shape index (κ3) is 4.08. The highest BCUT2D eigenvalue weighted by atomic mass is 16.3. The van der Waals surface area contributed by atoms with Gasteiger partial charge in [-0.1, -0.05) is 5.57 Å². The Morgan fingerprint density at radius 1 is 1.43 bits per heavy atom. The summed E-state index contributed by atoms with van der Waals surface area (Å²) in [6.45, 7) is 7.20. The number of hydrogen-bond acceptors (Lipinski definition) is 6. The van der Waals surface area contributed by atoms with Crippen molar-refractivity contribution >= 4 is 11.8 Å². The molecule has 0 spiro atoms. The van der Waals surface area contributed by atoms with Gasteiger partial charge in [0.05, 0.1) is 12.5 Å². The second-order valence-corrected chi connectivity index (χ2v) is 8.11. The first-order valence-corrected chi connectivity index (χ1v) is 9.91. The molecule has 3 aliphatic heterocycles. The maximum absolute atomic E-state index is 12.6. The van der Waals surface area contributed by atoms with Gasteiger partial charge in [-0.15, -0.1) is 0 Å². The molecule has 28 heavy (non-hydrogen) atoms. The summed E-state index contributed by atoms with van der Waals surface area (Å²) in [6, 6.07) is 1.99. The van der Waals surface area contributed by atoms with Gasteiger partial charge in [-0.2, -0.15) is 5.26 Å². The Kier molecular flexibility index (Phi) is 6.10. The SMILES string of the molecule is CC1=C(CC(=O)N[C@H](C)C2NCC(C#N)C[N+]2=O)C(=O)NC2CCNC(C)C12. The second kappa shape index (κ2) is 8.37. The van der Waals surface area contributed by atoms with Gasteiger partial charge in [0, 0.05) is 39.8 Å². The highest BCUT2D eigenvalue weighted by molar-refractivity contribution is 6.00. The van der Waals surface area contributed by atoms with Gasteiger partial charge in [-0.25, -0.2) is 0 Å². The van der Waals surface area contributed by atoms with Gasteiger partial charge in [-0.05, 0) is 33.7 Å². The van der Waals surface area contributed by atoms with Crippen molar-refractivity contribution < 1.29 is 14.3 Å². The third-order valence-corrected chi connectivity index (χ3v) is 6.13. The van der Waals surface area contributed by atoms with Crippen molar-refractivity contribution in [3.05, 3.63) is 16.1 Å². The number of nitrogens with one attached hydrogen (secondary N) is 4. The van der Waals surface area contributed by atoms with Crippen molar-refractivity contribution in [2.75, 3.05) is 19.6 Å². The maximum atomic E-state index is 12.6. The van der Waals surface area contributed by atoms with E-state index in [1.54, 1.807) is 6.92 Å². The molecule has 5 unspecified atom stereocenters. The fourth-order valence-corrected chi connectivity index (χ4v) is 4.63. The van der Waals surface area contributed by atoms with Gasteiger partial charge in [0.15, 0.2) is 0 Å². The number of rotatable bonds is 4. The molecule has 0 aliphatic carbocycles. The van der Waals surface area contributed by atoms with Crippen LogP contribution in [0.3, 0.4) is 0 Å². The Labute approximate surface area is 164 Å². The summed E-state index contributed by atoms with van der Waals surface area (Å²) in [6.07, 6.45) is 0.283. The summed E-state index contributed by atoms with van der Waals surface area (Å²) in [5.74, 6) is -0.626. The lowest BCUT2D eigenvalue weighted by Gasteiger charge is -2.42. The number of fused-ring (bicyclic) bond motifs is 1. The smallest absolute Gasteiger partial charge is 0.274 e. The van der Waals surface area contributed by atoms with Crippen LogP contribution in [0.25, 0.3) is 0 Å². The largest absolute Gasteiger partial charge is 0.349 e. The molecule has 4 N–H and O–H groups in total. The number of nitriles is 1. The molecule has 0 aromatic rings. The zero-order valence-corrected chi connectivity index (χ0v) is 16.6. The molecule has 9 heteroatoms. The van der Waals surface area contributed by atoms with Gasteiger partial charge in [0.25, 0.3) is 6.17 Å². The summed E-state index contributed by atoms with van der Waals surface area (Å²) in [5.41, 5.74) is 1.48. The van der Waals surface area contributed by atoms with Crippen LogP contribution in [0.5, 0.6) is 0 Å². The Balaban J connectivity index is 1.64. The Morgan fingerprint density at radius 3 is 2.86 bits per heavy atom. The van der Waals surface area contributed by atoms with Crippen molar-refractivity contribution in [3.8, 4) is 6.07 Å². The van der Waals surface area contributed by atoms with Crippen molar-refractivity contribution in [2.45, 2.75) is 57.9 Å². The summed E-state index contributed by atoms with van der Waals surface area (Å²) in [4.78, 5) is 37.3. The molecule has 2 fully saturated rings. The van der Waals surface area contributed by atoms with Gasteiger partial charge in [-0.3, -0.25) is 14.9 Å². The van der Waals surface area contributed by atoms with Crippen molar-refractivity contribution in [2.24, 2.45) is 11.8 Å². The maximum Gasteiger partial charge on any atom is 0.274 e. The number of carbonyl (C=O) groups is 2. The summed E-state index contributed by atoms with van der Waals surface area (Å²) >= 11 is 0. The van der Waals surface area contributed by atoms with Crippen LogP contribution in [-0.4, -0.2) is 60.5 Å². The molecule has 3 aliphatic rings. The molecule has 0 aromatic heterocycles. The first-order valence-electron chi connectivity index (χ1n) is 9.91. The van der Waals surface area contributed by atoms with Gasteiger partial charge >= 0.3 is 0 Å². The van der Waals surface area contributed by atoms with Crippen LogP contribution < -0.4 is 21.3 Å². The lowest BCUT2D eigenvalue weighted by atomic mass is 9.76. The molecule has 0 bridgehead atoms. The second-order valence-electron chi connectivity index (χ2n) is 8.11. The molecule has 0 aromatic carbocycles. The quantitative estimate of drug-likeness (QED) is 0.482. The summed E-state index contributed by atoms with van der Waals surface area (Å²) in [7, 11) is 0. The van der Waals surface area contributed by atoms with Crippen LogP contribution in [0.2, 0.25) is 0 Å². The average molecular weight is 389 g/mol. The molecular formula is C19H29N6O3+. The third-order valence-electron chi connectivity index (χ3n) is 6.13. The molecule has 9 nitrogen and oxygen atoms in total. The zero-order valence-electron chi connectivity index (χ0n) is 16.6. The number of piperidine rings is 1. The van der Waals surface area contributed by atoms with E-state index in [9.17, 15) is 14.5 Å². The Morgan fingerprint density at radius 2 is 2.18 bits per heavy atom. The topological polar surface area (TPSA) is 126 Å². The lowest BCUT2D eigenvalue weighted by molar-refractivity contribution is -0.608. The summed E-state index contributed by atoms with van der Waals surface area (Å²) in [5, 5.41) is 21.3. The number of hydrogen-bond donors (Lipinski definition) is 4. The molecule has 152 valence electrons. The van der Waals surface area contributed by atoms with Crippen LogP contribution >= 0.6 is 0 Å². The van der Waals surface area contributed by atoms with E-state index in [2.05, 4.69) is 34.3 Å².